The molecule has 0 aromatic heterocycles. The lowest BCUT2D eigenvalue weighted by Crippen LogP contribution is -2.36. The Kier molecular flexibility index (Phi) is 8.16. The molecule has 1 fully saturated rings. The van der Waals surface area contributed by atoms with E-state index in [2.05, 4.69) is 19.2 Å². The van der Waals surface area contributed by atoms with Crippen molar-refractivity contribution in [1.29, 1.82) is 0 Å². The maximum atomic E-state index is 12.8. The minimum atomic E-state index is -0.498. The zero-order chi connectivity index (χ0) is 24.0. The first-order valence-corrected chi connectivity index (χ1v) is 11.7. The van der Waals surface area contributed by atoms with Crippen LogP contribution in [-0.2, 0) is 9.59 Å². The zero-order valence-corrected chi connectivity index (χ0v) is 20.0. The Morgan fingerprint density at radius 3 is 2.33 bits per heavy atom. The van der Waals surface area contributed by atoms with Crippen molar-refractivity contribution in [2.45, 2.75) is 33.6 Å². The van der Waals surface area contributed by atoms with Crippen molar-refractivity contribution in [3.8, 4) is 11.5 Å². The summed E-state index contributed by atoms with van der Waals surface area (Å²) in [5, 5.41) is 2.26. The Balaban J connectivity index is 1.69. The molecule has 3 amide bonds. The third kappa shape index (κ3) is 6.16. The van der Waals surface area contributed by atoms with E-state index in [9.17, 15) is 14.4 Å². The van der Waals surface area contributed by atoms with Gasteiger partial charge >= 0.3 is 0 Å². The van der Waals surface area contributed by atoms with Crippen LogP contribution in [0.3, 0.4) is 0 Å². The highest BCUT2D eigenvalue weighted by atomic mass is 32.2. The van der Waals surface area contributed by atoms with Gasteiger partial charge in [-0.15, -0.1) is 0 Å². The fourth-order valence-electron chi connectivity index (χ4n) is 3.24. The maximum absolute atomic E-state index is 12.8. The van der Waals surface area contributed by atoms with Crippen molar-refractivity contribution in [2.75, 3.05) is 25.1 Å². The van der Waals surface area contributed by atoms with E-state index in [0.29, 0.717) is 41.9 Å². The summed E-state index contributed by atoms with van der Waals surface area (Å²) in [4.78, 5) is 38.8. The smallest absolute Gasteiger partial charge is 0.294 e. The molecule has 0 unspecified atom stereocenters. The van der Waals surface area contributed by atoms with E-state index in [0.717, 1.165) is 22.2 Å². The Morgan fingerprint density at radius 2 is 1.70 bits per heavy atom. The molecule has 2 aromatic rings. The largest absolute Gasteiger partial charge is 0.490 e. The van der Waals surface area contributed by atoms with Gasteiger partial charge < -0.3 is 14.8 Å². The molecule has 1 aliphatic rings. The topological polar surface area (TPSA) is 84.9 Å². The molecule has 0 radical (unpaired) electrons. The predicted octanol–water partition coefficient (Wildman–Crippen LogP) is 5.28. The quantitative estimate of drug-likeness (QED) is 0.504. The van der Waals surface area contributed by atoms with E-state index < -0.39 is 17.1 Å². The molecule has 1 saturated heterocycles. The van der Waals surface area contributed by atoms with Gasteiger partial charge in [0, 0.05) is 5.69 Å². The maximum Gasteiger partial charge on any atom is 0.294 e. The average molecular weight is 469 g/mol. The number of amides is 3. The fourth-order valence-corrected chi connectivity index (χ4v) is 4.08. The normalized spacial score (nSPS) is 14.8. The molecule has 7 nitrogen and oxygen atoms in total. The second kappa shape index (κ2) is 11.0. The number of imide groups is 1. The van der Waals surface area contributed by atoms with Crippen LogP contribution in [-0.4, -0.2) is 41.7 Å². The number of ether oxygens (including phenoxy) is 2. The number of carbonyl (C=O) groups is 3. The van der Waals surface area contributed by atoms with Gasteiger partial charge in [-0.25, -0.2) is 0 Å². The first kappa shape index (κ1) is 24.4. The Labute approximate surface area is 198 Å². The van der Waals surface area contributed by atoms with Gasteiger partial charge in [0.25, 0.3) is 11.1 Å². The predicted molar refractivity (Wildman–Crippen MR) is 131 cm³/mol. The Morgan fingerprint density at radius 1 is 1.03 bits per heavy atom. The molecule has 174 valence electrons. The van der Waals surface area contributed by atoms with Crippen molar-refractivity contribution in [1.82, 2.24) is 4.90 Å². The van der Waals surface area contributed by atoms with Crippen LogP contribution in [0, 0.1) is 0 Å². The summed E-state index contributed by atoms with van der Waals surface area (Å²) in [6.45, 7) is 8.56. The summed E-state index contributed by atoms with van der Waals surface area (Å²) in [7, 11) is 0. The standard InChI is InChI=1S/C25H28N2O5S/c1-5-31-20-12-7-17(13-21(20)32-6-2)14-22-24(29)27(25(30)33-22)15-23(28)26-19-10-8-18(9-11-19)16(3)4/h7-14,16H,5-6,15H2,1-4H3,(H,26,28)/b22-14+. The van der Waals surface area contributed by atoms with Gasteiger partial charge in [-0.2, -0.15) is 0 Å². The minimum Gasteiger partial charge on any atom is -0.490 e. The second-order valence-electron chi connectivity index (χ2n) is 7.66. The Bertz CT molecular complexity index is 1060. The van der Waals surface area contributed by atoms with E-state index in [1.165, 1.54) is 0 Å². The molecule has 0 aliphatic carbocycles. The molecule has 2 aromatic carbocycles. The summed E-state index contributed by atoms with van der Waals surface area (Å²) >= 11 is 0.810. The van der Waals surface area contributed by atoms with Crippen molar-refractivity contribution >= 4 is 40.6 Å². The van der Waals surface area contributed by atoms with Gasteiger partial charge in [-0.3, -0.25) is 19.3 Å². The molecule has 8 heteroatoms. The van der Waals surface area contributed by atoms with Crippen LogP contribution < -0.4 is 14.8 Å². The van der Waals surface area contributed by atoms with Gasteiger partial charge in [0.2, 0.25) is 5.91 Å². The summed E-state index contributed by atoms with van der Waals surface area (Å²) in [5.41, 5.74) is 2.47. The van der Waals surface area contributed by atoms with Gasteiger partial charge in [0.05, 0.1) is 18.1 Å². The zero-order valence-electron chi connectivity index (χ0n) is 19.2. The average Bonchev–Trinajstić information content (AvgIpc) is 3.03. The van der Waals surface area contributed by atoms with Crippen LogP contribution >= 0.6 is 11.8 Å². The number of carbonyl (C=O) groups excluding carboxylic acids is 3. The molecular formula is C25H28N2O5S. The highest BCUT2D eigenvalue weighted by Gasteiger charge is 2.36. The van der Waals surface area contributed by atoms with E-state index in [1.807, 2.05) is 38.1 Å². The number of anilines is 1. The number of hydrogen-bond donors (Lipinski definition) is 1. The van der Waals surface area contributed by atoms with Crippen LogP contribution in [0.1, 0.15) is 44.7 Å². The van der Waals surface area contributed by atoms with Crippen molar-refractivity contribution in [3.63, 3.8) is 0 Å². The third-order valence-corrected chi connectivity index (χ3v) is 5.81. The summed E-state index contributed by atoms with van der Waals surface area (Å²) in [6.07, 6.45) is 1.62. The minimum absolute atomic E-state index is 0.251. The number of nitrogens with zero attached hydrogens (tertiary/aromatic N) is 1. The molecule has 3 rings (SSSR count). The molecule has 1 N–H and O–H groups in total. The van der Waals surface area contributed by atoms with Gasteiger partial charge in [-0.1, -0.05) is 32.0 Å². The molecule has 0 spiro atoms. The summed E-state index contributed by atoms with van der Waals surface area (Å²) in [6, 6.07) is 12.8. The Hall–Kier alpha value is -3.26. The summed E-state index contributed by atoms with van der Waals surface area (Å²) < 4.78 is 11.2. The molecule has 1 heterocycles. The number of nitrogens with one attached hydrogen (secondary N) is 1. The third-order valence-electron chi connectivity index (χ3n) is 4.90. The molecule has 0 bridgehead atoms. The van der Waals surface area contributed by atoms with Crippen LogP contribution in [0.5, 0.6) is 11.5 Å². The van der Waals surface area contributed by atoms with E-state index in [4.69, 9.17) is 9.47 Å². The lowest BCUT2D eigenvalue weighted by molar-refractivity contribution is -0.127. The molecule has 33 heavy (non-hydrogen) atoms. The molecular weight excluding hydrogens is 440 g/mol. The van der Waals surface area contributed by atoms with Crippen molar-refractivity contribution < 1.29 is 23.9 Å². The lowest BCUT2D eigenvalue weighted by Gasteiger charge is -2.13. The fraction of sp³-hybridized carbons (Fsp3) is 0.320. The number of hydrogen-bond acceptors (Lipinski definition) is 6. The molecule has 0 atom stereocenters. The molecule has 0 saturated carbocycles. The van der Waals surface area contributed by atoms with E-state index >= 15 is 0 Å². The van der Waals surface area contributed by atoms with Crippen LogP contribution in [0.25, 0.3) is 6.08 Å². The molecule has 1 aliphatic heterocycles. The number of thioether (sulfide) groups is 1. The highest BCUT2D eigenvalue weighted by Crippen LogP contribution is 2.34. The second-order valence-corrected chi connectivity index (χ2v) is 8.66. The first-order chi connectivity index (χ1) is 15.8. The highest BCUT2D eigenvalue weighted by molar-refractivity contribution is 8.18. The lowest BCUT2D eigenvalue weighted by atomic mass is 10.0. The number of benzene rings is 2. The first-order valence-electron chi connectivity index (χ1n) is 10.9. The van der Waals surface area contributed by atoms with Gasteiger partial charge in [0.1, 0.15) is 6.54 Å². The summed E-state index contributed by atoms with van der Waals surface area (Å²) in [5.74, 6) is 0.632. The monoisotopic (exact) mass is 468 g/mol. The van der Waals surface area contributed by atoms with Crippen LogP contribution in [0.2, 0.25) is 0 Å². The van der Waals surface area contributed by atoms with Gasteiger partial charge in [-0.05, 0) is 73.0 Å². The van der Waals surface area contributed by atoms with E-state index in [-0.39, 0.29) is 11.4 Å². The van der Waals surface area contributed by atoms with Crippen molar-refractivity contribution in [2.24, 2.45) is 0 Å². The van der Waals surface area contributed by atoms with Crippen molar-refractivity contribution in [3.05, 3.63) is 58.5 Å². The van der Waals surface area contributed by atoms with Gasteiger partial charge in [0.15, 0.2) is 11.5 Å². The van der Waals surface area contributed by atoms with E-state index in [1.54, 1.807) is 24.3 Å². The number of rotatable bonds is 9. The van der Waals surface area contributed by atoms with Crippen LogP contribution in [0.15, 0.2) is 47.4 Å². The van der Waals surface area contributed by atoms with Crippen LogP contribution in [0.4, 0.5) is 10.5 Å². The SMILES string of the molecule is CCOc1ccc(/C=C2/SC(=O)N(CC(=O)Nc3ccc(C(C)C)cc3)C2=O)cc1OCC.